The largest absolute Gasteiger partial charge is 0.298 e. The van der Waals surface area contributed by atoms with Crippen molar-refractivity contribution in [2.45, 2.75) is 47.1 Å². The number of aliphatic imine (C=N–C) groups is 1. The van der Waals surface area contributed by atoms with E-state index in [-0.39, 0.29) is 0 Å². The van der Waals surface area contributed by atoms with Crippen LogP contribution in [0.2, 0.25) is 0 Å². The van der Waals surface area contributed by atoms with E-state index in [1.54, 1.807) is 0 Å². The Morgan fingerprint density at radius 3 is 1.67 bits per heavy atom. The molecule has 0 aliphatic carbocycles. The molecule has 0 aromatic heterocycles. The molecule has 0 aromatic carbocycles. The Labute approximate surface area is 77.3 Å². The summed E-state index contributed by atoms with van der Waals surface area (Å²) in [6, 6.07) is 0.416. The fourth-order valence-corrected chi connectivity index (χ4v) is 1.78. The van der Waals surface area contributed by atoms with Gasteiger partial charge in [0.2, 0.25) is 0 Å². The average molecular weight is 169 g/mol. The van der Waals surface area contributed by atoms with Gasteiger partial charge in [-0.1, -0.05) is 27.7 Å². The van der Waals surface area contributed by atoms with Crippen molar-refractivity contribution in [3.63, 3.8) is 0 Å². The van der Waals surface area contributed by atoms with Crippen LogP contribution in [0.15, 0.2) is 4.99 Å². The number of nitrogens with zero attached hydrogens (tertiary/aromatic N) is 1. The van der Waals surface area contributed by atoms with Crippen LogP contribution in [0.3, 0.4) is 0 Å². The lowest BCUT2D eigenvalue weighted by Crippen LogP contribution is -2.19. The Hall–Kier alpha value is -0.330. The van der Waals surface area contributed by atoms with Crippen molar-refractivity contribution in [2.24, 2.45) is 22.7 Å². The molecule has 1 nitrogen and oxygen atoms in total. The molecule has 72 valence electrons. The molecule has 1 unspecified atom stereocenters. The van der Waals surface area contributed by atoms with Gasteiger partial charge in [0, 0.05) is 6.04 Å². The van der Waals surface area contributed by atoms with Crippen molar-refractivity contribution in [3.8, 4) is 0 Å². The minimum Gasteiger partial charge on any atom is -0.298 e. The second-order valence-electron chi connectivity index (χ2n) is 4.42. The van der Waals surface area contributed by atoms with E-state index in [2.05, 4.69) is 46.3 Å². The van der Waals surface area contributed by atoms with E-state index in [0.29, 0.717) is 6.04 Å². The summed E-state index contributed by atoms with van der Waals surface area (Å²) in [6.07, 6.45) is 1.18. The normalized spacial score (nSPS) is 14.3. The Bertz CT molecular complexity index is 119. The van der Waals surface area contributed by atoms with Gasteiger partial charge in [0.25, 0.3) is 0 Å². The topological polar surface area (TPSA) is 12.4 Å². The Morgan fingerprint density at radius 2 is 1.42 bits per heavy atom. The first kappa shape index (κ1) is 11.7. The second-order valence-corrected chi connectivity index (χ2v) is 4.42. The molecular formula is C11H23N. The van der Waals surface area contributed by atoms with Gasteiger partial charge in [-0.3, -0.25) is 4.99 Å². The molecule has 0 rings (SSSR count). The van der Waals surface area contributed by atoms with Gasteiger partial charge < -0.3 is 0 Å². The molecule has 1 heteroatoms. The lowest BCUT2D eigenvalue weighted by molar-refractivity contribution is 0.257. The number of rotatable bonds is 5. The molecule has 0 aliphatic heterocycles. The van der Waals surface area contributed by atoms with Crippen molar-refractivity contribution < 1.29 is 0 Å². The van der Waals surface area contributed by atoms with Crippen LogP contribution in [0.5, 0.6) is 0 Å². The average Bonchev–Trinajstić information content (AvgIpc) is 1.98. The van der Waals surface area contributed by atoms with Gasteiger partial charge in [-0.2, -0.15) is 0 Å². The fourth-order valence-electron chi connectivity index (χ4n) is 1.78. The minimum absolute atomic E-state index is 0.416. The maximum atomic E-state index is 4.04. The van der Waals surface area contributed by atoms with E-state index in [9.17, 15) is 0 Å². The van der Waals surface area contributed by atoms with Crippen LogP contribution < -0.4 is 0 Å². The van der Waals surface area contributed by atoms with E-state index < -0.39 is 0 Å². The summed E-state index contributed by atoms with van der Waals surface area (Å²) in [5.41, 5.74) is 0. The monoisotopic (exact) mass is 169 g/mol. The lowest BCUT2D eigenvalue weighted by atomic mass is 9.81. The predicted molar refractivity (Wildman–Crippen MR) is 56.8 cm³/mol. The molecule has 0 amide bonds. The molecular weight excluding hydrogens is 146 g/mol. The molecule has 0 heterocycles. The van der Waals surface area contributed by atoms with E-state index in [1.165, 1.54) is 6.42 Å². The van der Waals surface area contributed by atoms with Gasteiger partial charge in [-0.05, 0) is 37.8 Å². The molecule has 0 saturated heterocycles. The van der Waals surface area contributed by atoms with Gasteiger partial charge in [0.15, 0.2) is 0 Å². The zero-order valence-electron chi connectivity index (χ0n) is 9.17. The smallest absolute Gasteiger partial charge is 0.0467 e. The SMILES string of the molecule is C=NC(C)CC(C(C)C)C(C)C. The first-order chi connectivity index (χ1) is 5.49. The zero-order valence-corrected chi connectivity index (χ0v) is 9.17. The van der Waals surface area contributed by atoms with Crippen molar-refractivity contribution in [1.29, 1.82) is 0 Å². The fraction of sp³-hybridized carbons (Fsp3) is 0.909. The molecule has 0 aliphatic rings. The molecule has 12 heavy (non-hydrogen) atoms. The summed E-state index contributed by atoms with van der Waals surface area (Å²) < 4.78 is 0. The summed E-state index contributed by atoms with van der Waals surface area (Å²) in [5, 5.41) is 0. The minimum atomic E-state index is 0.416. The second kappa shape index (κ2) is 5.34. The third kappa shape index (κ3) is 3.89. The predicted octanol–water partition coefficient (Wildman–Crippen LogP) is 3.39. The van der Waals surface area contributed by atoms with Crippen molar-refractivity contribution >= 4 is 6.72 Å². The van der Waals surface area contributed by atoms with E-state index >= 15 is 0 Å². The highest BCUT2D eigenvalue weighted by atomic mass is 14.7. The summed E-state index contributed by atoms with van der Waals surface area (Å²) >= 11 is 0. The quantitative estimate of drug-likeness (QED) is 0.559. The molecule has 0 radical (unpaired) electrons. The van der Waals surface area contributed by atoms with Crippen LogP contribution in [-0.4, -0.2) is 12.8 Å². The number of hydrogen-bond donors (Lipinski definition) is 0. The standard InChI is InChI=1S/C11H23N/c1-8(2)11(9(3)4)7-10(5)12-6/h8-11H,6-7H2,1-5H3. The highest BCUT2D eigenvalue weighted by Crippen LogP contribution is 2.25. The van der Waals surface area contributed by atoms with Gasteiger partial charge >= 0.3 is 0 Å². The van der Waals surface area contributed by atoms with Crippen LogP contribution >= 0.6 is 0 Å². The van der Waals surface area contributed by atoms with Crippen molar-refractivity contribution in [3.05, 3.63) is 0 Å². The Kier molecular flexibility index (Phi) is 5.19. The van der Waals surface area contributed by atoms with Crippen LogP contribution in [-0.2, 0) is 0 Å². The van der Waals surface area contributed by atoms with Gasteiger partial charge in [-0.25, -0.2) is 0 Å². The van der Waals surface area contributed by atoms with Crippen molar-refractivity contribution in [2.75, 3.05) is 0 Å². The summed E-state index contributed by atoms with van der Waals surface area (Å²) in [4.78, 5) is 4.04. The van der Waals surface area contributed by atoms with Crippen LogP contribution in [0.1, 0.15) is 41.0 Å². The molecule has 1 atom stereocenters. The first-order valence-electron chi connectivity index (χ1n) is 4.94. The van der Waals surface area contributed by atoms with Crippen LogP contribution in [0.25, 0.3) is 0 Å². The van der Waals surface area contributed by atoms with E-state index in [1.807, 2.05) is 0 Å². The van der Waals surface area contributed by atoms with E-state index in [4.69, 9.17) is 0 Å². The summed E-state index contributed by atoms with van der Waals surface area (Å²) in [5.74, 6) is 2.30. The third-order valence-corrected chi connectivity index (χ3v) is 2.64. The molecule has 0 aromatic rings. The number of hydrogen-bond acceptors (Lipinski definition) is 1. The lowest BCUT2D eigenvalue weighted by Gasteiger charge is -2.26. The summed E-state index contributed by atoms with van der Waals surface area (Å²) in [6.45, 7) is 14.9. The maximum absolute atomic E-state index is 4.04. The zero-order chi connectivity index (χ0) is 9.72. The Morgan fingerprint density at radius 1 is 1.00 bits per heavy atom. The molecule has 0 saturated carbocycles. The molecule has 0 N–H and O–H groups in total. The molecule has 0 fully saturated rings. The van der Waals surface area contributed by atoms with Gasteiger partial charge in [-0.15, -0.1) is 0 Å². The summed E-state index contributed by atoms with van der Waals surface area (Å²) in [7, 11) is 0. The highest BCUT2D eigenvalue weighted by Gasteiger charge is 2.19. The third-order valence-electron chi connectivity index (χ3n) is 2.64. The highest BCUT2D eigenvalue weighted by molar-refractivity contribution is 5.23. The van der Waals surface area contributed by atoms with E-state index in [0.717, 1.165) is 17.8 Å². The van der Waals surface area contributed by atoms with Gasteiger partial charge in [0.05, 0.1) is 0 Å². The van der Waals surface area contributed by atoms with Gasteiger partial charge in [0.1, 0.15) is 0 Å². The molecule has 0 spiro atoms. The molecule has 0 bridgehead atoms. The van der Waals surface area contributed by atoms with Crippen molar-refractivity contribution in [1.82, 2.24) is 0 Å². The van der Waals surface area contributed by atoms with Crippen LogP contribution in [0.4, 0.5) is 0 Å². The maximum Gasteiger partial charge on any atom is 0.0467 e. The van der Waals surface area contributed by atoms with Crippen LogP contribution in [0, 0.1) is 17.8 Å². The Balaban J connectivity index is 4.04. The first-order valence-corrected chi connectivity index (χ1v) is 4.94.